The molecule has 0 radical (unpaired) electrons. The van der Waals surface area contributed by atoms with Crippen LogP contribution in [0.25, 0.3) is 0 Å². The van der Waals surface area contributed by atoms with E-state index in [2.05, 4.69) is 0 Å². The molecule has 0 saturated carbocycles. The van der Waals surface area contributed by atoms with Gasteiger partial charge in [-0.1, -0.05) is 37.6 Å². The van der Waals surface area contributed by atoms with E-state index in [0.29, 0.717) is 5.56 Å². The Bertz CT molecular complexity index is 560. The van der Waals surface area contributed by atoms with Gasteiger partial charge in [0.15, 0.2) is 5.78 Å². The number of imide groups is 1. The van der Waals surface area contributed by atoms with Crippen LogP contribution in [0, 0.1) is 12.3 Å². The summed E-state index contributed by atoms with van der Waals surface area (Å²) >= 11 is 0. The van der Waals surface area contributed by atoms with Crippen LogP contribution in [0.1, 0.15) is 36.2 Å². The van der Waals surface area contributed by atoms with E-state index in [-0.39, 0.29) is 30.6 Å². The van der Waals surface area contributed by atoms with Crippen LogP contribution in [0.3, 0.4) is 0 Å². The number of hydrogen-bond donors (Lipinski definition) is 0. The van der Waals surface area contributed by atoms with Gasteiger partial charge in [0, 0.05) is 12.0 Å². The fourth-order valence-corrected chi connectivity index (χ4v) is 2.24. The van der Waals surface area contributed by atoms with Gasteiger partial charge in [0.25, 0.3) is 0 Å². The average molecular weight is 259 g/mol. The highest BCUT2D eigenvalue weighted by molar-refractivity contribution is 6.10. The fraction of sp³-hybridized carbons (Fsp3) is 0.400. The smallest absolute Gasteiger partial charge is 0.235 e. The zero-order valence-corrected chi connectivity index (χ0v) is 11.4. The highest BCUT2D eigenvalue weighted by Gasteiger charge is 2.45. The van der Waals surface area contributed by atoms with Crippen LogP contribution in [-0.4, -0.2) is 29.0 Å². The van der Waals surface area contributed by atoms with Gasteiger partial charge in [-0.3, -0.25) is 19.3 Å². The molecule has 4 nitrogen and oxygen atoms in total. The lowest BCUT2D eigenvalue weighted by molar-refractivity contribution is -0.140. The number of ketones is 1. The normalized spacial score (nSPS) is 17.9. The van der Waals surface area contributed by atoms with Crippen molar-refractivity contribution in [2.45, 2.75) is 27.2 Å². The van der Waals surface area contributed by atoms with Crippen LogP contribution in [0.15, 0.2) is 24.3 Å². The first-order chi connectivity index (χ1) is 8.81. The Labute approximate surface area is 112 Å². The molecule has 0 aliphatic carbocycles. The molecule has 1 aliphatic heterocycles. The Balaban J connectivity index is 2.16. The molecule has 4 heteroatoms. The minimum atomic E-state index is -0.691. The molecule has 2 amide bonds. The van der Waals surface area contributed by atoms with Gasteiger partial charge in [-0.2, -0.15) is 0 Å². The standard InChI is InChI=1S/C15H17NO3/c1-10-5-4-6-11(7-10)12(17)9-16-13(18)8-15(2,3)14(16)19/h4-7H,8-9H2,1-3H3. The van der Waals surface area contributed by atoms with Gasteiger partial charge in [0.1, 0.15) is 0 Å². The second kappa shape index (κ2) is 4.61. The van der Waals surface area contributed by atoms with E-state index in [1.54, 1.807) is 32.0 Å². The van der Waals surface area contributed by atoms with Crippen molar-refractivity contribution in [3.05, 3.63) is 35.4 Å². The summed E-state index contributed by atoms with van der Waals surface area (Å²) in [5, 5.41) is 0. The number of nitrogens with zero attached hydrogens (tertiary/aromatic N) is 1. The molecule has 1 saturated heterocycles. The minimum absolute atomic E-state index is 0.162. The lowest BCUT2D eigenvalue weighted by Gasteiger charge is -2.17. The lowest BCUT2D eigenvalue weighted by atomic mass is 9.92. The predicted octanol–water partition coefficient (Wildman–Crippen LogP) is 1.96. The molecular formula is C15H17NO3. The maximum absolute atomic E-state index is 12.1. The van der Waals surface area contributed by atoms with Gasteiger partial charge in [-0.25, -0.2) is 0 Å². The molecule has 0 bridgehead atoms. The topological polar surface area (TPSA) is 54.5 Å². The molecule has 1 fully saturated rings. The summed E-state index contributed by atoms with van der Waals surface area (Å²) in [4.78, 5) is 37.0. The summed E-state index contributed by atoms with van der Waals surface area (Å²) in [6, 6.07) is 7.15. The van der Waals surface area contributed by atoms with E-state index >= 15 is 0 Å². The Morgan fingerprint density at radius 2 is 2.00 bits per heavy atom. The Kier molecular flexibility index (Phi) is 3.27. The van der Waals surface area contributed by atoms with Gasteiger partial charge in [0.2, 0.25) is 11.8 Å². The third kappa shape index (κ3) is 2.57. The van der Waals surface area contributed by atoms with E-state index in [1.807, 2.05) is 13.0 Å². The van der Waals surface area contributed by atoms with Crippen molar-refractivity contribution >= 4 is 17.6 Å². The van der Waals surface area contributed by atoms with E-state index in [4.69, 9.17) is 0 Å². The van der Waals surface area contributed by atoms with Crippen molar-refractivity contribution in [2.24, 2.45) is 5.41 Å². The maximum atomic E-state index is 12.1. The van der Waals surface area contributed by atoms with E-state index in [9.17, 15) is 14.4 Å². The summed E-state index contributed by atoms with van der Waals surface area (Å²) < 4.78 is 0. The summed E-state index contributed by atoms with van der Waals surface area (Å²) in [6.45, 7) is 5.19. The zero-order valence-electron chi connectivity index (χ0n) is 11.4. The molecule has 0 atom stereocenters. The molecule has 100 valence electrons. The van der Waals surface area contributed by atoms with E-state index < -0.39 is 5.41 Å². The third-order valence-corrected chi connectivity index (χ3v) is 3.36. The largest absolute Gasteiger partial charge is 0.292 e. The molecule has 1 aliphatic rings. The number of Topliss-reactive ketones (excluding diaryl/α,β-unsaturated/α-hetero) is 1. The molecule has 19 heavy (non-hydrogen) atoms. The first-order valence-corrected chi connectivity index (χ1v) is 6.26. The van der Waals surface area contributed by atoms with Gasteiger partial charge in [-0.15, -0.1) is 0 Å². The third-order valence-electron chi connectivity index (χ3n) is 3.36. The van der Waals surface area contributed by atoms with Crippen molar-refractivity contribution in [3.8, 4) is 0 Å². The van der Waals surface area contributed by atoms with Crippen molar-refractivity contribution in [3.63, 3.8) is 0 Å². The monoisotopic (exact) mass is 259 g/mol. The fourth-order valence-electron chi connectivity index (χ4n) is 2.24. The zero-order chi connectivity index (χ0) is 14.2. The molecule has 0 spiro atoms. The van der Waals surface area contributed by atoms with E-state index in [0.717, 1.165) is 10.5 Å². The number of rotatable bonds is 3. The van der Waals surface area contributed by atoms with Gasteiger partial charge < -0.3 is 0 Å². The number of benzene rings is 1. The molecule has 0 N–H and O–H groups in total. The minimum Gasteiger partial charge on any atom is -0.292 e. The van der Waals surface area contributed by atoms with Crippen LogP contribution in [-0.2, 0) is 9.59 Å². The quantitative estimate of drug-likeness (QED) is 0.616. The Morgan fingerprint density at radius 1 is 1.32 bits per heavy atom. The summed E-state index contributed by atoms with van der Waals surface area (Å²) in [5.41, 5.74) is 0.819. The van der Waals surface area contributed by atoms with Gasteiger partial charge >= 0.3 is 0 Å². The first-order valence-electron chi connectivity index (χ1n) is 6.26. The Morgan fingerprint density at radius 3 is 2.53 bits per heavy atom. The highest BCUT2D eigenvalue weighted by atomic mass is 16.2. The molecule has 2 rings (SSSR count). The van der Waals surface area contributed by atoms with Crippen molar-refractivity contribution in [1.29, 1.82) is 0 Å². The number of aryl methyl sites for hydroxylation is 1. The summed E-state index contributed by atoms with van der Waals surface area (Å²) in [6.07, 6.45) is 0.174. The van der Waals surface area contributed by atoms with Crippen molar-refractivity contribution in [1.82, 2.24) is 4.90 Å². The van der Waals surface area contributed by atoms with Crippen LogP contribution >= 0.6 is 0 Å². The van der Waals surface area contributed by atoms with E-state index in [1.165, 1.54) is 0 Å². The van der Waals surface area contributed by atoms with Gasteiger partial charge in [0.05, 0.1) is 12.0 Å². The van der Waals surface area contributed by atoms with Crippen LogP contribution in [0.2, 0.25) is 0 Å². The number of carbonyl (C=O) groups excluding carboxylic acids is 3. The maximum Gasteiger partial charge on any atom is 0.235 e. The number of likely N-dealkylation sites (tertiary alicyclic amines) is 1. The summed E-state index contributed by atoms with van der Waals surface area (Å²) in [5.74, 6) is -0.738. The number of amides is 2. The van der Waals surface area contributed by atoms with Crippen molar-refractivity contribution in [2.75, 3.05) is 6.54 Å². The molecule has 1 heterocycles. The SMILES string of the molecule is Cc1cccc(C(=O)CN2C(=O)CC(C)(C)C2=O)c1. The van der Waals surface area contributed by atoms with Crippen LogP contribution in [0.4, 0.5) is 0 Å². The molecular weight excluding hydrogens is 242 g/mol. The first kappa shape index (κ1) is 13.5. The molecule has 1 aromatic carbocycles. The van der Waals surface area contributed by atoms with Gasteiger partial charge in [-0.05, 0) is 13.0 Å². The second-order valence-electron chi connectivity index (χ2n) is 5.64. The molecule has 0 aromatic heterocycles. The second-order valence-corrected chi connectivity index (χ2v) is 5.64. The lowest BCUT2D eigenvalue weighted by Crippen LogP contribution is -2.37. The molecule has 0 unspecified atom stereocenters. The van der Waals surface area contributed by atoms with Crippen molar-refractivity contribution < 1.29 is 14.4 Å². The number of hydrogen-bond acceptors (Lipinski definition) is 3. The highest BCUT2D eigenvalue weighted by Crippen LogP contribution is 2.31. The summed E-state index contributed by atoms with van der Waals surface area (Å²) in [7, 11) is 0. The van der Waals surface area contributed by atoms with Crippen LogP contribution in [0.5, 0.6) is 0 Å². The Hall–Kier alpha value is -1.97. The average Bonchev–Trinajstić information content (AvgIpc) is 2.51. The predicted molar refractivity (Wildman–Crippen MR) is 70.6 cm³/mol. The number of carbonyl (C=O) groups is 3. The molecule has 1 aromatic rings. The van der Waals surface area contributed by atoms with Crippen LogP contribution < -0.4 is 0 Å².